The van der Waals surface area contributed by atoms with Crippen molar-refractivity contribution in [1.29, 1.82) is 0 Å². The topological polar surface area (TPSA) is 46.6 Å². The molecule has 0 N–H and O–H groups in total. The molecule has 4 nitrogen and oxygen atoms in total. The van der Waals surface area contributed by atoms with Gasteiger partial charge in [-0.2, -0.15) is 13.2 Å². The maximum absolute atomic E-state index is 13.0. The summed E-state index contributed by atoms with van der Waals surface area (Å²) in [6.07, 6.45) is -2.60. The van der Waals surface area contributed by atoms with E-state index in [1.807, 2.05) is 0 Å². The van der Waals surface area contributed by atoms with Gasteiger partial charge in [-0.05, 0) is 75.3 Å². The maximum atomic E-state index is 13.0. The fourth-order valence-corrected chi connectivity index (χ4v) is 5.42. The van der Waals surface area contributed by atoms with Crippen LogP contribution in [-0.4, -0.2) is 39.6 Å². The summed E-state index contributed by atoms with van der Waals surface area (Å²) >= 11 is 0. The van der Waals surface area contributed by atoms with E-state index in [0.717, 1.165) is 44.6 Å². The summed E-state index contributed by atoms with van der Waals surface area (Å²) in [4.78, 5) is 2.59. The first-order valence-corrected chi connectivity index (χ1v) is 12.2. The monoisotopic (exact) mass is 467 g/mol. The van der Waals surface area contributed by atoms with Crippen molar-refractivity contribution in [1.82, 2.24) is 4.90 Å². The van der Waals surface area contributed by atoms with Gasteiger partial charge in [-0.3, -0.25) is 0 Å². The maximum Gasteiger partial charge on any atom is 0.416 e. The van der Waals surface area contributed by atoms with Crippen LogP contribution in [0.1, 0.15) is 50.3 Å². The second-order valence-electron chi connectivity index (χ2n) is 7.75. The van der Waals surface area contributed by atoms with Crippen molar-refractivity contribution in [2.45, 2.75) is 44.7 Å². The number of unbranched alkanes of at least 4 members (excludes halogenated alkanes) is 1. The minimum Gasteiger partial charge on any atom is -0.494 e. The van der Waals surface area contributed by atoms with E-state index in [1.165, 1.54) is 25.1 Å². The molecule has 1 aliphatic rings. The number of rotatable bonds is 9. The molecule has 0 amide bonds. The minimum atomic E-state index is -4.45. The van der Waals surface area contributed by atoms with Crippen LogP contribution in [0, 0.1) is 0 Å². The van der Waals surface area contributed by atoms with E-state index >= 15 is 0 Å². The summed E-state index contributed by atoms with van der Waals surface area (Å²) in [5.41, 5.74) is 0.573. The molecule has 0 unspecified atom stereocenters. The third-order valence-electron chi connectivity index (χ3n) is 5.80. The van der Waals surface area contributed by atoms with Gasteiger partial charge >= 0.3 is 6.18 Å². The predicted octanol–water partition coefficient (Wildman–Crippen LogP) is 5.77. The van der Waals surface area contributed by atoms with E-state index in [-0.39, 0.29) is 9.80 Å². The molecule has 0 fully saturated rings. The SMILES string of the molecule is CCN(CC)CCCCOc1ccc2c(c1)S(=O)(=O)C(C)=C2c1ccc(C(F)(F)F)cc1. The average molecular weight is 468 g/mol. The van der Waals surface area contributed by atoms with Gasteiger partial charge in [0.05, 0.1) is 22.0 Å². The Kier molecular flexibility index (Phi) is 7.35. The largest absolute Gasteiger partial charge is 0.494 e. The van der Waals surface area contributed by atoms with Crippen molar-refractivity contribution in [3.8, 4) is 5.75 Å². The number of hydrogen-bond acceptors (Lipinski definition) is 4. The van der Waals surface area contributed by atoms with E-state index < -0.39 is 21.6 Å². The lowest BCUT2D eigenvalue weighted by Crippen LogP contribution is -2.24. The Morgan fingerprint density at radius 3 is 2.22 bits per heavy atom. The standard InChI is InChI=1S/C24H28F3NO3S/c1-4-28(5-2)14-6-7-15-31-20-12-13-21-22(16-20)32(29,30)17(3)23(21)18-8-10-19(11-9-18)24(25,26)27/h8-13,16H,4-7,14-15H2,1-3H3. The Morgan fingerprint density at radius 2 is 1.62 bits per heavy atom. The lowest BCUT2D eigenvalue weighted by Gasteiger charge is -2.17. The molecule has 3 rings (SSSR count). The number of alkyl halides is 3. The summed E-state index contributed by atoms with van der Waals surface area (Å²) in [6.45, 7) is 9.23. The molecule has 0 aromatic heterocycles. The molecule has 2 aromatic carbocycles. The highest BCUT2D eigenvalue weighted by molar-refractivity contribution is 7.95. The number of allylic oxidation sites excluding steroid dienone is 1. The van der Waals surface area contributed by atoms with Crippen LogP contribution in [0.2, 0.25) is 0 Å². The molecule has 1 aliphatic heterocycles. The quantitative estimate of drug-likeness (QED) is 0.439. The summed E-state index contributed by atoms with van der Waals surface area (Å²) < 4.78 is 70.4. The van der Waals surface area contributed by atoms with Crippen LogP contribution in [-0.2, 0) is 16.0 Å². The first-order valence-electron chi connectivity index (χ1n) is 10.7. The van der Waals surface area contributed by atoms with Gasteiger partial charge in [0, 0.05) is 11.1 Å². The first kappa shape index (κ1) is 24.3. The Morgan fingerprint density at radius 1 is 0.969 bits per heavy atom. The molecular formula is C24H28F3NO3S. The summed E-state index contributed by atoms with van der Waals surface area (Å²) in [7, 11) is -3.73. The molecular weight excluding hydrogens is 439 g/mol. The molecule has 8 heteroatoms. The van der Waals surface area contributed by atoms with Gasteiger partial charge < -0.3 is 9.64 Å². The molecule has 0 aliphatic carbocycles. The number of sulfone groups is 1. The molecule has 174 valence electrons. The highest BCUT2D eigenvalue weighted by Crippen LogP contribution is 2.44. The summed E-state index contributed by atoms with van der Waals surface area (Å²) in [6, 6.07) is 9.45. The van der Waals surface area contributed by atoms with E-state index in [9.17, 15) is 21.6 Å². The molecule has 1 heterocycles. The first-order chi connectivity index (χ1) is 15.1. The van der Waals surface area contributed by atoms with E-state index in [2.05, 4.69) is 18.7 Å². The number of fused-ring (bicyclic) bond motifs is 1. The molecule has 0 bridgehead atoms. The van der Waals surface area contributed by atoms with Crippen molar-refractivity contribution < 1.29 is 26.3 Å². The van der Waals surface area contributed by atoms with Crippen LogP contribution >= 0.6 is 0 Å². The summed E-state index contributed by atoms with van der Waals surface area (Å²) in [5, 5.41) is 0. The van der Waals surface area contributed by atoms with Gasteiger partial charge in [-0.25, -0.2) is 8.42 Å². The smallest absolute Gasteiger partial charge is 0.416 e. The van der Waals surface area contributed by atoms with E-state index in [4.69, 9.17) is 4.74 Å². The Bertz CT molecular complexity index is 1090. The van der Waals surface area contributed by atoms with Crippen LogP contribution < -0.4 is 4.74 Å². The molecule has 32 heavy (non-hydrogen) atoms. The normalized spacial score (nSPS) is 15.3. The van der Waals surface area contributed by atoms with Gasteiger partial charge in [0.15, 0.2) is 0 Å². The highest BCUT2D eigenvalue weighted by Gasteiger charge is 2.35. The van der Waals surface area contributed by atoms with Crippen molar-refractivity contribution in [2.75, 3.05) is 26.2 Å². The Hall–Kier alpha value is -2.32. The van der Waals surface area contributed by atoms with Crippen molar-refractivity contribution in [2.24, 2.45) is 0 Å². The number of benzene rings is 2. The molecule has 0 saturated heterocycles. The van der Waals surface area contributed by atoms with E-state index in [0.29, 0.717) is 29.1 Å². The number of nitrogens with zero attached hydrogens (tertiary/aromatic N) is 1. The minimum absolute atomic E-state index is 0.128. The van der Waals surface area contributed by atoms with Crippen LogP contribution in [0.25, 0.3) is 5.57 Å². The fourth-order valence-electron chi connectivity index (χ4n) is 3.86. The lowest BCUT2D eigenvalue weighted by atomic mass is 9.97. The molecule has 0 atom stereocenters. The highest BCUT2D eigenvalue weighted by atomic mass is 32.2. The predicted molar refractivity (Wildman–Crippen MR) is 119 cm³/mol. The molecule has 0 saturated carbocycles. The van der Waals surface area contributed by atoms with Crippen molar-refractivity contribution in [3.63, 3.8) is 0 Å². The van der Waals surface area contributed by atoms with Gasteiger partial charge in [0.2, 0.25) is 9.84 Å². The Balaban J connectivity index is 1.77. The molecule has 0 spiro atoms. The fraction of sp³-hybridized carbons (Fsp3) is 0.417. The zero-order chi connectivity index (χ0) is 23.5. The van der Waals surface area contributed by atoms with Crippen LogP contribution in [0.3, 0.4) is 0 Å². The summed E-state index contributed by atoms with van der Waals surface area (Å²) in [5.74, 6) is 0.469. The molecule has 2 aromatic rings. The van der Waals surface area contributed by atoms with Crippen molar-refractivity contribution >= 4 is 15.4 Å². The zero-order valence-corrected chi connectivity index (χ0v) is 19.3. The third kappa shape index (κ3) is 5.02. The number of halogens is 3. The average Bonchev–Trinajstić information content (AvgIpc) is 2.96. The second kappa shape index (κ2) is 9.67. The van der Waals surface area contributed by atoms with Gasteiger partial charge in [0.25, 0.3) is 0 Å². The number of ether oxygens (including phenoxy) is 1. The van der Waals surface area contributed by atoms with Crippen LogP contribution in [0.15, 0.2) is 52.3 Å². The second-order valence-corrected chi connectivity index (χ2v) is 9.81. The van der Waals surface area contributed by atoms with Gasteiger partial charge in [-0.15, -0.1) is 0 Å². The lowest BCUT2D eigenvalue weighted by molar-refractivity contribution is -0.137. The Labute approximate surface area is 187 Å². The zero-order valence-electron chi connectivity index (χ0n) is 18.5. The van der Waals surface area contributed by atoms with Gasteiger partial charge in [0.1, 0.15) is 5.75 Å². The van der Waals surface area contributed by atoms with Gasteiger partial charge in [-0.1, -0.05) is 26.0 Å². The van der Waals surface area contributed by atoms with E-state index in [1.54, 1.807) is 12.1 Å². The molecule has 0 radical (unpaired) electrons. The third-order valence-corrected chi connectivity index (χ3v) is 7.73. The van der Waals surface area contributed by atoms with Crippen LogP contribution in [0.4, 0.5) is 13.2 Å². The van der Waals surface area contributed by atoms with Crippen LogP contribution in [0.5, 0.6) is 5.75 Å². The number of hydrogen-bond donors (Lipinski definition) is 0. The van der Waals surface area contributed by atoms with Crippen molar-refractivity contribution in [3.05, 3.63) is 64.1 Å².